The number of nitrogens with one attached hydrogen (secondary N) is 1. The minimum absolute atomic E-state index is 0.173. The molecule has 6 nitrogen and oxygen atoms in total. The second kappa shape index (κ2) is 8.77. The number of carbonyl (C=O) groups is 1. The lowest BCUT2D eigenvalue weighted by atomic mass is 10.1. The van der Waals surface area contributed by atoms with E-state index in [-0.39, 0.29) is 16.7 Å². The number of hydrogen-bond donors (Lipinski definition) is 1. The maximum Gasteiger partial charge on any atom is 0.250 e. The molecular weight excluding hydrogens is 370 g/mol. The number of carbonyl (C=O) groups excluding carboxylic acids is 1. The third-order valence-electron chi connectivity index (χ3n) is 4.46. The van der Waals surface area contributed by atoms with Crippen molar-refractivity contribution in [2.24, 2.45) is 0 Å². The molecule has 0 bridgehead atoms. The molecular formula is C18H23N3O3S2. The van der Waals surface area contributed by atoms with Crippen LogP contribution in [-0.2, 0) is 21.2 Å². The second-order valence-corrected chi connectivity index (χ2v) is 9.16. The molecule has 8 heteroatoms. The Hall–Kier alpha value is -1.74. The third kappa shape index (κ3) is 5.14. The standard InChI is InChI=1S/C18H23N3O3S2/c22-17(15-19-26(23,24)18-7-4-14-25-18)21-12-10-20(11-13-21)9-8-16-5-2-1-3-6-16/h1-7,14,19H,8-13,15H2. The van der Waals surface area contributed by atoms with Gasteiger partial charge in [-0.2, -0.15) is 0 Å². The quantitative estimate of drug-likeness (QED) is 0.772. The lowest BCUT2D eigenvalue weighted by Crippen LogP contribution is -2.51. The van der Waals surface area contributed by atoms with Gasteiger partial charge in [0.05, 0.1) is 6.54 Å². The summed E-state index contributed by atoms with van der Waals surface area (Å²) < 4.78 is 26.8. The van der Waals surface area contributed by atoms with Crippen LogP contribution in [0, 0.1) is 0 Å². The van der Waals surface area contributed by atoms with Gasteiger partial charge in [0.1, 0.15) is 4.21 Å². The molecule has 1 aliphatic rings. The van der Waals surface area contributed by atoms with Gasteiger partial charge in [0.15, 0.2) is 0 Å². The molecule has 1 N–H and O–H groups in total. The van der Waals surface area contributed by atoms with Gasteiger partial charge in [0, 0.05) is 32.7 Å². The molecule has 0 aliphatic carbocycles. The largest absolute Gasteiger partial charge is 0.339 e. The minimum Gasteiger partial charge on any atom is -0.339 e. The van der Waals surface area contributed by atoms with Crippen molar-refractivity contribution in [3.63, 3.8) is 0 Å². The van der Waals surface area contributed by atoms with Crippen LogP contribution >= 0.6 is 11.3 Å². The van der Waals surface area contributed by atoms with Crippen molar-refractivity contribution in [3.8, 4) is 0 Å². The molecule has 0 radical (unpaired) electrons. The van der Waals surface area contributed by atoms with Crippen LogP contribution in [0.5, 0.6) is 0 Å². The molecule has 3 rings (SSSR count). The Bertz CT molecular complexity index is 799. The Labute approximate surface area is 158 Å². The summed E-state index contributed by atoms with van der Waals surface area (Å²) in [6.45, 7) is 3.68. The molecule has 2 aromatic rings. The number of amides is 1. The highest BCUT2D eigenvalue weighted by Gasteiger charge is 2.23. The number of sulfonamides is 1. The van der Waals surface area contributed by atoms with Crippen molar-refractivity contribution in [1.29, 1.82) is 0 Å². The third-order valence-corrected chi connectivity index (χ3v) is 7.26. The highest BCUT2D eigenvalue weighted by Crippen LogP contribution is 2.15. The van der Waals surface area contributed by atoms with Crippen molar-refractivity contribution >= 4 is 27.3 Å². The average Bonchev–Trinajstić information content (AvgIpc) is 3.22. The van der Waals surface area contributed by atoms with Gasteiger partial charge in [-0.05, 0) is 23.4 Å². The van der Waals surface area contributed by atoms with E-state index in [1.807, 2.05) is 18.2 Å². The topological polar surface area (TPSA) is 69.7 Å². The SMILES string of the molecule is O=C(CNS(=O)(=O)c1cccs1)N1CCN(CCc2ccccc2)CC1. The highest BCUT2D eigenvalue weighted by atomic mass is 32.2. The van der Waals surface area contributed by atoms with Gasteiger partial charge in [-0.1, -0.05) is 36.4 Å². The Balaban J connectivity index is 1.41. The van der Waals surface area contributed by atoms with E-state index in [9.17, 15) is 13.2 Å². The summed E-state index contributed by atoms with van der Waals surface area (Å²) in [5, 5.41) is 1.70. The predicted molar refractivity (Wildman–Crippen MR) is 103 cm³/mol. The normalized spacial score (nSPS) is 15.9. The van der Waals surface area contributed by atoms with Crippen molar-refractivity contribution in [1.82, 2.24) is 14.5 Å². The van der Waals surface area contributed by atoms with E-state index < -0.39 is 10.0 Å². The first-order chi connectivity index (χ1) is 12.5. The fourth-order valence-electron chi connectivity index (χ4n) is 2.91. The molecule has 2 heterocycles. The van der Waals surface area contributed by atoms with Crippen LogP contribution in [-0.4, -0.2) is 63.4 Å². The van der Waals surface area contributed by atoms with Gasteiger partial charge < -0.3 is 4.90 Å². The van der Waals surface area contributed by atoms with Gasteiger partial charge >= 0.3 is 0 Å². The van der Waals surface area contributed by atoms with E-state index in [4.69, 9.17) is 0 Å². The molecule has 1 saturated heterocycles. The van der Waals surface area contributed by atoms with Crippen molar-refractivity contribution in [2.45, 2.75) is 10.6 Å². The first-order valence-electron chi connectivity index (χ1n) is 8.62. The van der Waals surface area contributed by atoms with Crippen molar-refractivity contribution in [2.75, 3.05) is 39.3 Å². The summed E-state index contributed by atoms with van der Waals surface area (Å²) in [4.78, 5) is 16.4. The first kappa shape index (κ1) is 19.0. The highest BCUT2D eigenvalue weighted by molar-refractivity contribution is 7.91. The van der Waals surface area contributed by atoms with Crippen LogP contribution in [0.4, 0.5) is 0 Å². The summed E-state index contributed by atoms with van der Waals surface area (Å²) >= 11 is 1.14. The van der Waals surface area contributed by atoms with Crippen LogP contribution in [0.3, 0.4) is 0 Å². The van der Waals surface area contributed by atoms with Gasteiger partial charge in [0.25, 0.3) is 10.0 Å². The second-order valence-electron chi connectivity index (χ2n) is 6.21. The molecule has 1 amide bonds. The maximum absolute atomic E-state index is 12.3. The van der Waals surface area contributed by atoms with Gasteiger partial charge in [-0.25, -0.2) is 13.1 Å². The zero-order valence-electron chi connectivity index (χ0n) is 14.5. The zero-order chi connectivity index (χ0) is 18.4. The monoisotopic (exact) mass is 393 g/mol. The zero-order valence-corrected chi connectivity index (χ0v) is 16.1. The lowest BCUT2D eigenvalue weighted by Gasteiger charge is -2.34. The molecule has 0 atom stereocenters. The smallest absolute Gasteiger partial charge is 0.250 e. The molecule has 1 aliphatic heterocycles. The molecule has 1 aromatic heterocycles. The van der Waals surface area contributed by atoms with Crippen molar-refractivity contribution in [3.05, 3.63) is 53.4 Å². The number of rotatable bonds is 7. The Morgan fingerprint density at radius 2 is 1.77 bits per heavy atom. The number of benzene rings is 1. The first-order valence-corrected chi connectivity index (χ1v) is 11.0. The molecule has 0 saturated carbocycles. The minimum atomic E-state index is -3.59. The number of hydrogen-bond acceptors (Lipinski definition) is 5. The van der Waals surface area contributed by atoms with E-state index in [1.165, 1.54) is 11.6 Å². The van der Waals surface area contributed by atoms with Crippen LogP contribution in [0.25, 0.3) is 0 Å². The molecule has 1 fully saturated rings. The summed E-state index contributed by atoms with van der Waals surface area (Å²) in [5.41, 5.74) is 1.31. The van der Waals surface area contributed by atoms with E-state index in [2.05, 4.69) is 21.8 Å². The lowest BCUT2D eigenvalue weighted by molar-refractivity contribution is -0.131. The number of piperazine rings is 1. The predicted octanol–water partition coefficient (Wildman–Crippen LogP) is 1.41. The maximum atomic E-state index is 12.3. The number of nitrogens with zero attached hydrogens (tertiary/aromatic N) is 2. The summed E-state index contributed by atoms with van der Waals surface area (Å²) in [6, 6.07) is 13.6. The van der Waals surface area contributed by atoms with E-state index in [0.29, 0.717) is 13.1 Å². The summed E-state index contributed by atoms with van der Waals surface area (Å²) in [5.74, 6) is -0.173. The molecule has 26 heavy (non-hydrogen) atoms. The molecule has 1 aromatic carbocycles. The summed E-state index contributed by atoms with van der Waals surface area (Å²) in [6.07, 6.45) is 0.995. The Kier molecular flexibility index (Phi) is 6.42. The van der Waals surface area contributed by atoms with Crippen LogP contribution < -0.4 is 4.72 Å². The fourth-order valence-corrected chi connectivity index (χ4v) is 4.92. The molecule has 0 spiro atoms. The van der Waals surface area contributed by atoms with E-state index in [1.54, 1.807) is 16.3 Å². The van der Waals surface area contributed by atoms with Crippen LogP contribution in [0.15, 0.2) is 52.1 Å². The van der Waals surface area contributed by atoms with Gasteiger partial charge in [-0.15, -0.1) is 11.3 Å². The van der Waals surface area contributed by atoms with E-state index >= 15 is 0 Å². The summed E-state index contributed by atoms with van der Waals surface area (Å²) in [7, 11) is -3.59. The fraction of sp³-hybridized carbons (Fsp3) is 0.389. The number of thiophene rings is 1. The Morgan fingerprint density at radius 3 is 2.42 bits per heavy atom. The van der Waals surface area contributed by atoms with Crippen LogP contribution in [0.1, 0.15) is 5.56 Å². The van der Waals surface area contributed by atoms with E-state index in [0.717, 1.165) is 37.4 Å². The molecule has 140 valence electrons. The average molecular weight is 394 g/mol. The van der Waals surface area contributed by atoms with Gasteiger partial charge in [-0.3, -0.25) is 9.69 Å². The Morgan fingerprint density at radius 1 is 1.04 bits per heavy atom. The van der Waals surface area contributed by atoms with Crippen LogP contribution in [0.2, 0.25) is 0 Å². The molecule has 0 unspecified atom stereocenters. The van der Waals surface area contributed by atoms with Crippen molar-refractivity contribution < 1.29 is 13.2 Å². The van der Waals surface area contributed by atoms with Gasteiger partial charge in [0.2, 0.25) is 5.91 Å².